The molecule has 5 atom stereocenters. The Hall–Kier alpha value is -2.53. The number of benzene rings is 2. The van der Waals surface area contributed by atoms with E-state index in [0.717, 1.165) is 86.7 Å². The molecular formula is C46H72Cl2N10O4S2. The Morgan fingerprint density at radius 2 is 1.31 bits per heavy atom. The molecule has 1 aromatic heterocycles. The highest BCUT2D eigenvalue weighted by Crippen LogP contribution is 2.32. The number of aromatic amines is 1. The first-order valence-electron chi connectivity index (χ1n) is 22.3. The fourth-order valence-corrected chi connectivity index (χ4v) is 10.7. The van der Waals surface area contributed by atoms with Crippen LogP contribution in [0.4, 0.5) is 11.9 Å². The van der Waals surface area contributed by atoms with Gasteiger partial charge in [-0.15, -0.1) is 5.10 Å². The van der Waals surface area contributed by atoms with Crippen molar-refractivity contribution < 1.29 is 18.9 Å². The maximum absolute atomic E-state index is 8.04. The number of nitriles is 1. The summed E-state index contributed by atoms with van der Waals surface area (Å²) in [6.45, 7) is 15.7. The number of nitrogen functional groups attached to an aromatic ring is 1. The molecule has 14 nitrogen and oxygen atoms in total. The number of nitrogens with two attached hydrogens (primary N) is 1. The number of halogens is 2. The lowest BCUT2D eigenvalue weighted by Crippen LogP contribution is -2.61. The zero-order valence-corrected chi connectivity index (χ0v) is 42.2. The summed E-state index contributed by atoms with van der Waals surface area (Å²) in [6, 6.07) is 18.2. The number of methoxy groups -OCH3 is 2. The molecule has 5 heterocycles. The molecule has 4 aliphatic rings. The fourth-order valence-electron chi connectivity index (χ4n) is 8.78. The van der Waals surface area contributed by atoms with Gasteiger partial charge < -0.3 is 34.9 Å². The standard InChI is InChI=1S/C22H33ClN6O2.C20H31ClN2O2.C4H8N2S2/c1-22(2,30-3)19-13-29(18(14-31-19)12-15-4-6-16(23)7-5-15)17-8-10-28(11-9-17)21-25-20(24)26-27-21;1-20(2,24-3)19-13-23(17-8-10-22-11-9-17)18(14-25-19)12-15-4-6-16(21)7-5-15;1-7-4-8(2)6-3-5/h4-7,17-19H,8-14H2,1-3H3,(H3,24,25,26,27);4-7,17-19,22H,8-14H2,1-3H3;4H2,1-2H3/t2*18-,19+;/m00./s1. The zero-order chi connectivity index (χ0) is 46.3. The third-order valence-electron chi connectivity index (χ3n) is 13.0. The molecule has 2 aromatic carbocycles. The summed E-state index contributed by atoms with van der Waals surface area (Å²) in [7, 11) is 3.49. The summed E-state index contributed by atoms with van der Waals surface area (Å²) < 4.78 is 27.6. The van der Waals surface area contributed by atoms with Gasteiger partial charge in [-0.2, -0.15) is 26.4 Å². The maximum Gasteiger partial charge on any atom is 0.246 e. The normalized spacial score (nSPS) is 23.7. The van der Waals surface area contributed by atoms with Gasteiger partial charge in [-0.1, -0.05) is 58.2 Å². The highest BCUT2D eigenvalue weighted by molar-refractivity contribution is 8.10. The zero-order valence-electron chi connectivity index (χ0n) is 39.1. The van der Waals surface area contributed by atoms with Crippen LogP contribution in [0.15, 0.2) is 52.9 Å². The number of hydrogen-bond acceptors (Lipinski definition) is 14. The van der Waals surface area contributed by atoms with Crippen LogP contribution in [0.5, 0.6) is 0 Å². The van der Waals surface area contributed by atoms with Crippen LogP contribution in [0.2, 0.25) is 10.0 Å². The van der Waals surface area contributed by atoms with Crippen molar-refractivity contribution in [3.05, 3.63) is 69.7 Å². The molecule has 1 unspecified atom stereocenters. The van der Waals surface area contributed by atoms with E-state index in [9.17, 15) is 0 Å². The number of anilines is 2. The van der Waals surface area contributed by atoms with E-state index in [1.165, 1.54) is 24.0 Å². The predicted molar refractivity (Wildman–Crippen MR) is 265 cm³/mol. The second-order valence-electron chi connectivity index (χ2n) is 18.0. The number of rotatable bonds is 13. The van der Waals surface area contributed by atoms with Crippen LogP contribution < -0.4 is 16.0 Å². The van der Waals surface area contributed by atoms with Gasteiger partial charge >= 0.3 is 0 Å². The molecule has 18 heteroatoms. The summed E-state index contributed by atoms with van der Waals surface area (Å²) in [6.07, 6.45) is 12.3. The van der Waals surface area contributed by atoms with Crippen LogP contribution in [0, 0.1) is 11.5 Å². The van der Waals surface area contributed by atoms with Gasteiger partial charge in [0.1, 0.15) is 0 Å². The minimum Gasteiger partial charge on any atom is -0.376 e. The molecule has 0 saturated carbocycles. The van der Waals surface area contributed by atoms with Gasteiger partial charge in [-0.25, -0.2) is 5.10 Å². The molecule has 7 rings (SSSR count). The Kier molecular flexibility index (Phi) is 20.9. The number of ether oxygens (including phenoxy) is 4. The van der Waals surface area contributed by atoms with Crippen LogP contribution >= 0.6 is 35.0 Å². The Bertz CT molecular complexity index is 1900. The third kappa shape index (κ3) is 15.5. The fraction of sp³-hybridized carbons (Fsp3) is 0.674. The maximum atomic E-state index is 8.04. The topological polar surface area (TPSA) is 162 Å². The second-order valence-corrected chi connectivity index (χ2v) is 21.8. The van der Waals surface area contributed by atoms with E-state index in [2.05, 4.69) is 91.5 Å². The highest BCUT2D eigenvalue weighted by Gasteiger charge is 2.42. The molecule has 3 aromatic rings. The highest BCUT2D eigenvalue weighted by atomic mass is 35.5. The van der Waals surface area contributed by atoms with Gasteiger partial charge in [-0.05, 0) is 127 Å². The lowest BCUT2D eigenvalue weighted by molar-refractivity contribution is -0.165. The average molecular weight is 964 g/mol. The van der Waals surface area contributed by atoms with E-state index in [0.29, 0.717) is 42.7 Å². The Morgan fingerprint density at radius 3 is 1.72 bits per heavy atom. The van der Waals surface area contributed by atoms with Crippen LogP contribution in [0.25, 0.3) is 0 Å². The number of thioether (sulfide) groups is 1. The Labute approximate surface area is 399 Å². The second kappa shape index (κ2) is 25.6. The van der Waals surface area contributed by atoms with E-state index in [4.69, 9.17) is 53.1 Å². The number of nitrogens with one attached hydrogen (secondary N) is 2. The number of nitrogens with zero attached hydrogens (tertiary/aromatic N) is 7. The molecule has 356 valence electrons. The molecule has 4 N–H and O–H groups in total. The number of H-pyrrole nitrogens is 1. The molecular weight excluding hydrogens is 892 g/mol. The summed E-state index contributed by atoms with van der Waals surface area (Å²) in [5, 5.41) is 21.0. The van der Waals surface area contributed by atoms with Crippen molar-refractivity contribution in [3.8, 4) is 6.19 Å². The summed E-state index contributed by atoms with van der Waals surface area (Å²) in [5.41, 5.74) is 7.70. The van der Waals surface area contributed by atoms with E-state index in [1.807, 2.05) is 36.8 Å². The Morgan fingerprint density at radius 1 is 0.844 bits per heavy atom. The van der Waals surface area contributed by atoms with Crippen molar-refractivity contribution >= 4 is 57.6 Å². The SMILES string of the molecule is COC(C)(C)[C@H]1CN(C2CCN(c3n[nH]c(N)n3)CC2)[C@@H](Cc2ccc(Cl)cc2)CO1.COC(C)(C)[C@H]1CN(C2CCNCC2)[C@@H](Cc2ccc(Cl)cc2)CO1.CSCS(C)=NC#N. The van der Waals surface area contributed by atoms with Crippen molar-refractivity contribution in [1.29, 1.82) is 5.26 Å². The first-order chi connectivity index (χ1) is 30.7. The molecule has 64 heavy (non-hydrogen) atoms. The minimum atomic E-state index is -0.333. The first kappa shape index (κ1) is 52.4. The van der Waals surface area contributed by atoms with Gasteiger partial charge in [-0.3, -0.25) is 9.80 Å². The Balaban J connectivity index is 0.000000209. The smallest absolute Gasteiger partial charge is 0.246 e. The number of hydrogen-bond donors (Lipinski definition) is 3. The monoisotopic (exact) mass is 962 g/mol. The van der Waals surface area contributed by atoms with Crippen molar-refractivity contribution in [2.75, 3.05) is 94.9 Å². The first-order valence-corrected chi connectivity index (χ1v) is 26.3. The molecule has 4 aliphatic heterocycles. The van der Waals surface area contributed by atoms with Crippen LogP contribution in [-0.2, 0) is 42.5 Å². The molecule has 4 fully saturated rings. The molecule has 4 saturated heterocycles. The summed E-state index contributed by atoms with van der Waals surface area (Å²) in [5.74, 6) is 1.05. The van der Waals surface area contributed by atoms with Crippen molar-refractivity contribution in [2.24, 2.45) is 4.36 Å². The van der Waals surface area contributed by atoms with Crippen LogP contribution in [0.1, 0.15) is 64.5 Å². The lowest BCUT2D eigenvalue weighted by Gasteiger charge is -2.49. The summed E-state index contributed by atoms with van der Waals surface area (Å²) in [4.78, 5) is 11.8. The van der Waals surface area contributed by atoms with Crippen LogP contribution in [0.3, 0.4) is 0 Å². The van der Waals surface area contributed by atoms with Gasteiger partial charge in [0, 0.05) is 74.6 Å². The number of morpholine rings is 2. The van der Waals surface area contributed by atoms with Gasteiger partial charge in [0.2, 0.25) is 18.1 Å². The largest absolute Gasteiger partial charge is 0.376 e. The molecule has 0 bridgehead atoms. The minimum absolute atomic E-state index is 0.0322. The van der Waals surface area contributed by atoms with E-state index >= 15 is 0 Å². The summed E-state index contributed by atoms with van der Waals surface area (Å²) >= 11 is 13.8. The van der Waals surface area contributed by atoms with Crippen molar-refractivity contribution in [2.45, 2.75) is 114 Å². The van der Waals surface area contributed by atoms with Crippen LogP contribution in [-0.4, -0.2) is 157 Å². The van der Waals surface area contributed by atoms with Crippen molar-refractivity contribution in [3.63, 3.8) is 0 Å². The van der Waals surface area contributed by atoms with Gasteiger partial charge in [0.25, 0.3) is 0 Å². The molecule has 0 amide bonds. The van der Waals surface area contributed by atoms with Gasteiger partial charge in [0.05, 0.1) is 41.7 Å². The van der Waals surface area contributed by atoms with Gasteiger partial charge in [0.15, 0.2) is 0 Å². The third-order valence-corrected chi connectivity index (χ3v) is 16.2. The van der Waals surface area contributed by atoms with Crippen molar-refractivity contribution in [1.82, 2.24) is 30.3 Å². The predicted octanol–water partition coefficient (Wildman–Crippen LogP) is 7.09. The quantitative estimate of drug-likeness (QED) is 0.149. The molecule has 0 spiro atoms. The van der Waals surface area contributed by atoms with E-state index in [1.54, 1.807) is 32.2 Å². The molecule has 0 radical (unpaired) electrons. The van der Waals surface area contributed by atoms with E-state index < -0.39 is 0 Å². The lowest BCUT2D eigenvalue weighted by atomic mass is 9.92. The number of aromatic nitrogens is 3. The molecule has 0 aliphatic carbocycles. The average Bonchev–Trinajstić information content (AvgIpc) is 3.75. The number of piperidine rings is 2. The van der Waals surface area contributed by atoms with E-state index in [-0.39, 0.29) is 34.1 Å².